The van der Waals surface area contributed by atoms with Crippen molar-refractivity contribution in [2.75, 3.05) is 44.3 Å². The Balaban J connectivity index is 1.38. The predicted molar refractivity (Wildman–Crippen MR) is 111 cm³/mol. The second kappa shape index (κ2) is 8.31. The third-order valence-electron chi connectivity index (χ3n) is 5.22. The molecule has 1 saturated heterocycles. The number of ether oxygens (including phenoxy) is 2. The van der Waals surface area contributed by atoms with Gasteiger partial charge in [-0.25, -0.2) is 0 Å². The van der Waals surface area contributed by atoms with Gasteiger partial charge in [-0.1, -0.05) is 23.7 Å². The number of carbonyl (C=O) groups excluding carboxylic acids is 1. The summed E-state index contributed by atoms with van der Waals surface area (Å²) in [5.41, 5.74) is 3.34. The molecule has 2 aromatic rings. The Labute approximate surface area is 170 Å². The number of rotatable bonds is 3. The summed E-state index contributed by atoms with van der Waals surface area (Å²) >= 11 is 6.35. The van der Waals surface area contributed by atoms with Gasteiger partial charge in [0.15, 0.2) is 11.5 Å². The maximum Gasteiger partial charge on any atom is 0.227 e. The van der Waals surface area contributed by atoms with Crippen LogP contribution in [0.25, 0.3) is 0 Å². The van der Waals surface area contributed by atoms with Crippen molar-refractivity contribution in [2.45, 2.75) is 19.8 Å². The normalized spacial score (nSPS) is 16.6. The summed E-state index contributed by atoms with van der Waals surface area (Å²) in [4.78, 5) is 17.1. The van der Waals surface area contributed by atoms with Crippen LogP contribution in [0.1, 0.15) is 17.5 Å². The summed E-state index contributed by atoms with van der Waals surface area (Å²) in [7, 11) is 0. The van der Waals surface area contributed by atoms with E-state index in [1.54, 1.807) is 0 Å². The van der Waals surface area contributed by atoms with Crippen LogP contribution in [0.3, 0.4) is 0 Å². The molecule has 148 valence electrons. The molecule has 0 aromatic heterocycles. The van der Waals surface area contributed by atoms with Crippen molar-refractivity contribution in [1.29, 1.82) is 0 Å². The van der Waals surface area contributed by atoms with Gasteiger partial charge in [-0.3, -0.25) is 4.79 Å². The van der Waals surface area contributed by atoms with Gasteiger partial charge in [0.05, 0.1) is 24.7 Å². The van der Waals surface area contributed by atoms with Crippen molar-refractivity contribution in [3.63, 3.8) is 0 Å². The minimum absolute atomic E-state index is 0.120. The number of hydrogen-bond acceptors (Lipinski definition) is 4. The minimum Gasteiger partial charge on any atom is -0.489 e. The molecule has 5 nitrogen and oxygen atoms in total. The van der Waals surface area contributed by atoms with Crippen LogP contribution < -0.4 is 14.4 Å². The highest BCUT2D eigenvalue weighted by atomic mass is 35.5. The van der Waals surface area contributed by atoms with Crippen LogP contribution in [0.2, 0.25) is 5.02 Å². The Hall–Kier alpha value is -2.40. The third-order valence-corrected chi connectivity index (χ3v) is 5.50. The molecule has 1 fully saturated rings. The maximum atomic E-state index is 12.8. The molecule has 6 heteroatoms. The van der Waals surface area contributed by atoms with E-state index < -0.39 is 0 Å². The lowest BCUT2D eigenvalue weighted by atomic mass is 10.1. The van der Waals surface area contributed by atoms with E-state index in [1.807, 2.05) is 17.0 Å². The summed E-state index contributed by atoms with van der Waals surface area (Å²) in [5, 5.41) is 0.506. The standard InChI is InChI=1S/C22H25ClN2O3/c1-16-4-2-5-18(12-16)24-6-8-25(9-7-24)21(26)15-17-13-19(23)22-20(14-17)27-10-3-11-28-22/h2,4-5,12-14H,3,6-11,15H2,1H3. The van der Waals surface area contributed by atoms with Crippen molar-refractivity contribution in [3.8, 4) is 11.5 Å². The molecule has 0 atom stereocenters. The van der Waals surface area contributed by atoms with E-state index in [2.05, 4.69) is 36.1 Å². The van der Waals surface area contributed by atoms with Crippen LogP contribution in [0.15, 0.2) is 36.4 Å². The van der Waals surface area contributed by atoms with Gasteiger partial charge in [0.2, 0.25) is 5.91 Å². The van der Waals surface area contributed by atoms with E-state index in [0.29, 0.717) is 36.2 Å². The first-order chi connectivity index (χ1) is 13.6. The van der Waals surface area contributed by atoms with E-state index in [4.69, 9.17) is 21.1 Å². The summed E-state index contributed by atoms with van der Waals surface area (Å²) < 4.78 is 11.4. The largest absolute Gasteiger partial charge is 0.489 e. The van der Waals surface area contributed by atoms with Gasteiger partial charge in [0, 0.05) is 38.3 Å². The van der Waals surface area contributed by atoms with Crippen LogP contribution in [0.4, 0.5) is 5.69 Å². The van der Waals surface area contributed by atoms with Gasteiger partial charge in [-0.05, 0) is 42.3 Å². The van der Waals surface area contributed by atoms with E-state index in [1.165, 1.54) is 11.3 Å². The average Bonchev–Trinajstić information content (AvgIpc) is 2.94. The zero-order valence-electron chi connectivity index (χ0n) is 16.1. The fourth-order valence-corrected chi connectivity index (χ4v) is 4.00. The fraction of sp³-hybridized carbons (Fsp3) is 0.409. The highest BCUT2D eigenvalue weighted by molar-refractivity contribution is 6.32. The Morgan fingerprint density at radius 2 is 1.86 bits per heavy atom. The molecule has 0 bridgehead atoms. The first kappa shape index (κ1) is 18.9. The molecular formula is C22H25ClN2O3. The van der Waals surface area contributed by atoms with Crippen molar-refractivity contribution in [1.82, 2.24) is 4.90 Å². The van der Waals surface area contributed by atoms with Crippen molar-refractivity contribution >= 4 is 23.2 Å². The molecule has 4 rings (SSSR count). The van der Waals surface area contributed by atoms with Gasteiger partial charge >= 0.3 is 0 Å². The lowest BCUT2D eigenvalue weighted by molar-refractivity contribution is -0.130. The molecule has 0 saturated carbocycles. The maximum absolute atomic E-state index is 12.8. The SMILES string of the molecule is Cc1cccc(N2CCN(C(=O)Cc3cc(Cl)c4c(c3)OCCCO4)CC2)c1. The van der Waals surface area contributed by atoms with Crippen molar-refractivity contribution < 1.29 is 14.3 Å². The second-order valence-corrected chi connectivity index (χ2v) is 7.75. The molecular weight excluding hydrogens is 376 g/mol. The van der Waals surface area contributed by atoms with Gasteiger partial charge < -0.3 is 19.3 Å². The molecule has 2 heterocycles. The molecule has 0 N–H and O–H groups in total. The summed E-state index contributed by atoms with van der Waals surface area (Å²) in [5.74, 6) is 1.34. The monoisotopic (exact) mass is 400 g/mol. The first-order valence-corrected chi connectivity index (χ1v) is 10.2. The van der Waals surface area contributed by atoms with Crippen LogP contribution in [0.5, 0.6) is 11.5 Å². The third kappa shape index (κ3) is 4.20. The molecule has 2 aliphatic rings. The van der Waals surface area contributed by atoms with Crippen molar-refractivity contribution in [3.05, 3.63) is 52.5 Å². The predicted octanol–water partition coefficient (Wildman–Crippen LogP) is 3.70. The summed E-state index contributed by atoms with van der Waals surface area (Å²) in [6.07, 6.45) is 1.14. The number of nitrogens with zero attached hydrogens (tertiary/aromatic N) is 2. The number of amides is 1. The van der Waals surface area contributed by atoms with Crippen LogP contribution in [-0.2, 0) is 11.2 Å². The molecule has 28 heavy (non-hydrogen) atoms. The number of anilines is 1. The number of halogens is 1. The topological polar surface area (TPSA) is 42.0 Å². The smallest absolute Gasteiger partial charge is 0.227 e. The van der Waals surface area contributed by atoms with Crippen LogP contribution in [-0.4, -0.2) is 50.2 Å². The molecule has 1 amide bonds. The zero-order valence-corrected chi connectivity index (χ0v) is 16.9. The van der Waals surface area contributed by atoms with E-state index in [0.717, 1.165) is 38.2 Å². The zero-order chi connectivity index (χ0) is 19.5. The first-order valence-electron chi connectivity index (χ1n) is 9.77. The molecule has 0 aliphatic carbocycles. The lowest BCUT2D eigenvalue weighted by Gasteiger charge is -2.36. The summed E-state index contributed by atoms with van der Waals surface area (Å²) in [6.45, 7) is 6.44. The minimum atomic E-state index is 0.120. The van der Waals surface area contributed by atoms with E-state index in [9.17, 15) is 4.79 Å². The van der Waals surface area contributed by atoms with E-state index in [-0.39, 0.29) is 5.91 Å². The second-order valence-electron chi connectivity index (χ2n) is 7.34. The Morgan fingerprint density at radius 3 is 2.64 bits per heavy atom. The highest BCUT2D eigenvalue weighted by Crippen LogP contribution is 2.38. The fourth-order valence-electron chi connectivity index (χ4n) is 3.71. The number of aryl methyl sites for hydroxylation is 1. The Kier molecular flexibility index (Phi) is 5.62. The van der Waals surface area contributed by atoms with Crippen molar-refractivity contribution in [2.24, 2.45) is 0 Å². The van der Waals surface area contributed by atoms with Crippen LogP contribution >= 0.6 is 11.6 Å². The number of piperazine rings is 1. The molecule has 0 radical (unpaired) electrons. The van der Waals surface area contributed by atoms with Gasteiger partial charge in [0.1, 0.15) is 0 Å². The molecule has 0 spiro atoms. The molecule has 2 aromatic carbocycles. The van der Waals surface area contributed by atoms with Crippen LogP contribution in [0, 0.1) is 6.92 Å². The average molecular weight is 401 g/mol. The lowest BCUT2D eigenvalue weighted by Crippen LogP contribution is -2.49. The summed E-state index contributed by atoms with van der Waals surface area (Å²) in [6, 6.07) is 12.2. The number of hydrogen-bond donors (Lipinski definition) is 0. The highest BCUT2D eigenvalue weighted by Gasteiger charge is 2.23. The number of benzene rings is 2. The van der Waals surface area contributed by atoms with E-state index >= 15 is 0 Å². The molecule has 0 unspecified atom stereocenters. The number of fused-ring (bicyclic) bond motifs is 1. The molecule has 2 aliphatic heterocycles. The van der Waals surface area contributed by atoms with Gasteiger partial charge in [0.25, 0.3) is 0 Å². The Bertz CT molecular complexity index is 863. The Morgan fingerprint density at radius 1 is 1.07 bits per heavy atom. The van der Waals surface area contributed by atoms with Gasteiger partial charge in [-0.15, -0.1) is 0 Å². The number of carbonyl (C=O) groups is 1. The quantitative estimate of drug-likeness (QED) is 0.787. The van der Waals surface area contributed by atoms with Gasteiger partial charge in [-0.2, -0.15) is 0 Å².